The van der Waals surface area contributed by atoms with Crippen LogP contribution in [0.2, 0.25) is 0 Å². The van der Waals surface area contributed by atoms with E-state index in [1.807, 2.05) is 0 Å². The summed E-state index contributed by atoms with van der Waals surface area (Å²) in [6.07, 6.45) is 2.48. The molecule has 0 atom stereocenters. The molecule has 1 aliphatic rings. The van der Waals surface area contributed by atoms with Gasteiger partial charge >= 0.3 is 0 Å². The van der Waals surface area contributed by atoms with Crippen molar-refractivity contribution in [1.29, 1.82) is 0 Å². The Balaban J connectivity index is 2.10. The van der Waals surface area contributed by atoms with Crippen LogP contribution in [0, 0.1) is 22.5 Å². The molecule has 6 heteroatoms. The highest BCUT2D eigenvalue weighted by Crippen LogP contribution is 2.34. The van der Waals surface area contributed by atoms with E-state index in [2.05, 4.69) is 6.92 Å². The quantitative estimate of drug-likeness (QED) is 0.684. The van der Waals surface area contributed by atoms with Gasteiger partial charge in [0.25, 0.3) is 11.6 Å². The fourth-order valence-corrected chi connectivity index (χ4v) is 2.98. The fraction of sp³-hybridized carbons (Fsp3) is 0.562. The van der Waals surface area contributed by atoms with Crippen molar-refractivity contribution in [3.05, 3.63) is 39.4 Å². The molecule has 22 heavy (non-hydrogen) atoms. The number of hydrogen-bond donors (Lipinski definition) is 1. The van der Waals surface area contributed by atoms with E-state index in [-0.39, 0.29) is 23.6 Å². The standard InChI is InChI=1S/C16H22N2O4/c1-3-16(11-19)6-8-17(9-7-16)15(20)13-4-5-14(18(21)22)12(2)10-13/h4-5,10,19H,3,6-9,11H2,1-2H3. The van der Waals surface area contributed by atoms with Crippen molar-refractivity contribution in [2.24, 2.45) is 5.41 Å². The maximum Gasteiger partial charge on any atom is 0.272 e. The van der Waals surface area contributed by atoms with E-state index < -0.39 is 4.92 Å². The first-order valence-corrected chi connectivity index (χ1v) is 7.57. The molecule has 0 unspecified atom stereocenters. The van der Waals surface area contributed by atoms with Gasteiger partial charge in [0.05, 0.1) is 4.92 Å². The lowest BCUT2D eigenvalue weighted by Gasteiger charge is -2.40. The van der Waals surface area contributed by atoms with Crippen LogP contribution in [0.3, 0.4) is 0 Å². The summed E-state index contributed by atoms with van der Waals surface area (Å²) in [5, 5.41) is 20.4. The summed E-state index contributed by atoms with van der Waals surface area (Å²) in [7, 11) is 0. The number of amides is 1. The second-order valence-electron chi connectivity index (χ2n) is 6.06. The molecule has 1 N–H and O–H groups in total. The number of aliphatic hydroxyl groups is 1. The van der Waals surface area contributed by atoms with Crippen LogP contribution in [0.5, 0.6) is 0 Å². The number of aliphatic hydroxyl groups excluding tert-OH is 1. The van der Waals surface area contributed by atoms with Crippen molar-refractivity contribution in [3.8, 4) is 0 Å². The van der Waals surface area contributed by atoms with E-state index in [9.17, 15) is 20.0 Å². The maximum atomic E-state index is 12.5. The Labute approximate surface area is 129 Å². The molecule has 0 bridgehead atoms. The average molecular weight is 306 g/mol. The monoisotopic (exact) mass is 306 g/mol. The van der Waals surface area contributed by atoms with Crippen LogP contribution >= 0.6 is 0 Å². The topological polar surface area (TPSA) is 83.7 Å². The normalized spacial score (nSPS) is 17.3. The van der Waals surface area contributed by atoms with Gasteiger partial charge in [0.15, 0.2) is 0 Å². The molecule has 1 aromatic carbocycles. The highest BCUT2D eigenvalue weighted by atomic mass is 16.6. The molecular weight excluding hydrogens is 284 g/mol. The number of nitrogens with zero attached hydrogens (tertiary/aromatic N) is 2. The number of hydrogen-bond acceptors (Lipinski definition) is 4. The summed E-state index contributed by atoms with van der Waals surface area (Å²) in [4.78, 5) is 24.7. The molecule has 120 valence electrons. The van der Waals surface area contributed by atoms with Crippen molar-refractivity contribution in [3.63, 3.8) is 0 Å². The Hall–Kier alpha value is -1.95. The number of carbonyl (C=O) groups is 1. The molecule has 0 aliphatic carbocycles. The highest BCUT2D eigenvalue weighted by molar-refractivity contribution is 5.94. The van der Waals surface area contributed by atoms with Crippen LogP contribution < -0.4 is 0 Å². The molecule has 1 heterocycles. The third-order valence-corrected chi connectivity index (χ3v) is 4.84. The minimum absolute atomic E-state index is 0.0282. The number of likely N-dealkylation sites (tertiary alicyclic amines) is 1. The zero-order valence-electron chi connectivity index (χ0n) is 13.0. The van der Waals surface area contributed by atoms with Gasteiger partial charge in [-0.25, -0.2) is 0 Å². The van der Waals surface area contributed by atoms with Crippen molar-refractivity contribution >= 4 is 11.6 Å². The number of rotatable bonds is 4. The first kappa shape index (κ1) is 16.4. The molecule has 1 amide bonds. The van der Waals surface area contributed by atoms with Gasteiger partial charge in [-0.3, -0.25) is 14.9 Å². The summed E-state index contributed by atoms with van der Waals surface area (Å²) in [5.41, 5.74) is 0.935. The average Bonchev–Trinajstić information content (AvgIpc) is 2.53. The first-order chi connectivity index (χ1) is 10.4. The molecule has 1 aromatic rings. The predicted octanol–water partition coefficient (Wildman–Crippen LogP) is 2.53. The van der Waals surface area contributed by atoms with Gasteiger partial charge in [0.1, 0.15) is 0 Å². The molecule has 0 spiro atoms. The molecule has 0 saturated carbocycles. The molecule has 0 aromatic heterocycles. The van der Waals surface area contributed by atoms with E-state index in [0.717, 1.165) is 19.3 Å². The summed E-state index contributed by atoms with van der Waals surface area (Å²) >= 11 is 0. The molecule has 6 nitrogen and oxygen atoms in total. The Morgan fingerprint density at radius 1 is 1.41 bits per heavy atom. The number of carbonyl (C=O) groups excluding carboxylic acids is 1. The van der Waals surface area contributed by atoms with Crippen LogP contribution in [0.4, 0.5) is 5.69 Å². The Morgan fingerprint density at radius 3 is 2.50 bits per heavy atom. The zero-order chi connectivity index (χ0) is 16.3. The van der Waals surface area contributed by atoms with Crippen molar-refractivity contribution in [1.82, 2.24) is 4.90 Å². The Kier molecular flexibility index (Phi) is 4.81. The van der Waals surface area contributed by atoms with E-state index in [1.165, 1.54) is 12.1 Å². The summed E-state index contributed by atoms with van der Waals surface area (Å²) in [5.74, 6) is -0.0966. The number of aryl methyl sites for hydroxylation is 1. The molecule has 1 aliphatic heterocycles. The maximum absolute atomic E-state index is 12.5. The summed E-state index contributed by atoms with van der Waals surface area (Å²) < 4.78 is 0. The number of nitro benzene ring substituents is 1. The molecular formula is C16H22N2O4. The van der Waals surface area contributed by atoms with Gasteiger partial charge in [0, 0.05) is 36.9 Å². The third-order valence-electron chi connectivity index (χ3n) is 4.84. The minimum Gasteiger partial charge on any atom is -0.396 e. The van der Waals surface area contributed by atoms with Crippen molar-refractivity contribution < 1.29 is 14.8 Å². The van der Waals surface area contributed by atoms with Crippen molar-refractivity contribution in [2.75, 3.05) is 19.7 Å². The van der Waals surface area contributed by atoms with Gasteiger partial charge in [-0.1, -0.05) is 6.92 Å². The third kappa shape index (κ3) is 3.11. The molecule has 1 fully saturated rings. The smallest absolute Gasteiger partial charge is 0.272 e. The van der Waals surface area contributed by atoms with E-state index in [1.54, 1.807) is 17.9 Å². The lowest BCUT2D eigenvalue weighted by atomic mass is 9.77. The van der Waals surface area contributed by atoms with Gasteiger partial charge in [-0.2, -0.15) is 0 Å². The van der Waals surface area contributed by atoms with E-state index >= 15 is 0 Å². The molecule has 0 radical (unpaired) electrons. The fourth-order valence-electron chi connectivity index (χ4n) is 2.98. The predicted molar refractivity (Wildman–Crippen MR) is 82.8 cm³/mol. The minimum atomic E-state index is -0.443. The Bertz CT molecular complexity index is 572. The lowest BCUT2D eigenvalue weighted by molar-refractivity contribution is -0.385. The Morgan fingerprint density at radius 2 is 2.05 bits per heavy atom. The van der Waals surface area contributed by atoms with Gasteiger partial charge < -0.3 is 10.0 Å². The van der Waals surface area contributed by atoms with Crippen LogP contribution in [0.25, 0.3) is 0 Å². The summed E-state index contributed by atoms with van der Waals surface area (Å²) in [6.45, 7) is 5.08. The summed E-state index contributed by atoms with van der Waals surface area (Å²) in [6, 6.07) is 4.48. The number of nitro groups is 1. The number of benzene rings is 1. The van der Waals surface area contributed by atoms with Gasteiger partial charge in [-0.05, 0) is 43.7 Å². The van der Waals surface area contributed by atoms with E-state index in [4.69, 9.17) is 0 Å². The van der Waals surface area contributed by atoms with Crippen LogP contribution in [-0.2, 0) is 0 Å². The van der Waals surface area contributed by atoms with Crippen LogP contribution in [-0.4, -0.2) is 40.5 Å². The zero-order valence-corrected chi connectivity index (χ0v) is 13.0. The molecule has 1 saturated heterocycles. The number of piperidine rings is 1. The van der Waals surface area contributed by atoms with Gasteiger partial charge in [-0.15, -0.1) is 0 Å². The second kappa shape index (κ2) is 6.44. The second-order valence-corrected chi connectivity index (χ2v) is 6.06. The highest BCUT2D eigenvalue weighted by Gasteiger charge is 2.34. The molecule has 2 rings (SSSR count). The first-order valence-electron chi connectivity index (χ1n) is 7.57. The van der Waals surface area contributed by atoms with E-state index in [0.29, 0.717) is 24.2 Å². The van der Waals surface area contributed by atoms with Gasteiger partial charge in [0.2, 0.25) is 0 Å². The van der Waals surface area contributed by atoms with Crippen molar-refractivity contribution in [2.45, 2.75) is 33.1 Å². The lowest BCUT2D eigenvalue weighted by Crippen LogP contribution is -2.44. The van der Waals surface area contributed by atoms with Crippen LogP contribution in [0.1, 0.15) is 42.1 Å². The largest absolute Gasteiger partial charge is 0.396 e. The van der Waals surface area contributed by atoms with Crippen LogP contribution in [0.15, 0.2) is 18.2 Å². The SMILES string of the molecule is CCC1(CO)CCN(C(=O)c2ccc([N+](=O)[O-])c(C)c2)CC1.